The molecule has 138 valence electrons. The lowest BCUT2D eigenvalue weighted by molar-refractivity contribution is -0.111. The average molecular weight is 363 g/mol. The zero-order valence-electron chi connectivity index (χ0n) is 15.2. The van der Waals surface area contributed by atoms with Gasteiger partial charge in [0.05, 0.1) is 12.8 Å². The molecule has 0 radical (unpaired) electrons. The molecule has 0 atom stereocenters. The number of rotatable bonds is 6. The van der Waals surface area contributed by atoms with E-state index in [1.54, 1.807) is 36.6 Å². The summed E-state index contributed by atoms with van der Waals surface area (Å²) in [5.41, 5.74) is 9.31. The predicted molar refractivity (Wildman–Crippen MR) is 104 cm³/mol. The minimum atomic E-state index is -0.502. The first-order valence-corrected chi connectivity index (χ1v) is 8.52. The second-order valence-corrected chi connectivity index (χ2v) is 6.26. The number of nitrogens with one attached hydrogen (secondary N) is 1. The van der Waals surface area contributed by atoms with Crippen molar-refractivity contribution in [3.05, 3.63) is 83.1 Å². The van der Waals surface area contributed by atoms with Crippen LogP contribution in [0.2, 0.25) is 0 Å². The number of carbonyl (C=O) groups is 2. The highest BCUT2D eigenvalue weighted by Crippen LogP contribution is 2.19. The zero-order valence-corrected chi connectivity index (χ0v) is 15.2. The number of aromatic nitrogens is 1. The van der Waals surface area contributed by atoms with Crippen LogP contribution in [-0.4, -0.2) is 16.4 Å². The molecule has 3 N–H and O–H groups in total. The lowest BCUT2D eigenvalue weighted by Gasteiger charge is -2.07. The van der Waals surface area contributed by atoms with E-state index in [0.717, 1.165) is 22.7 Å². The van der Waals surface area contributed by atoms with Crippen molar-refractivity contribution in [3.8, 4) is 0 Å². The summed E-state index contributed by atoms with van der Waals surface area (Å²) < 4.78 is 7.55. The van der Waals surface area contributed by atoms with Gasteiger partial charge in [0.25, 0.3) is 0 Å². The van der Waals surface area contributed by atoms with E-state index < -0.39 is 5.91 Å². The van der Waals surface area contributed by atoms with Crippen LogP contribution in [0, 0.1) is 13.8 Å². The lowest BCUT2D eigenvalue weighted by Crippen LogP contribution is -2.11. The maximum absolute atomic E-state index is 12.2. The van der Waals surface area contributed by atoms with Gasteiger partial charge in [-0.25, -0.2) is 0 Å². The van der Waals surface area contributed by atoms with Gasteiger partial charge in [-0.2, -0.15) is 0 Å². The molecule has 0 saturated heterocycles. The van der Waals surface area contributed by atoms with Gasteiger partial charge in [0.2, 0.25) is 11.8 Å². The maximum atomic E-state index is 12.2. The van der Waals surface area contributed by atoms with Crippen molar-refractivity contribution >= 4 is 23.6 Å². The SMILES string of the molecule is Cc1cc(/C=C/C(=O)Nc2ccc(C(N)=O)cc2)c(C)n1Cc1ccco1. The van der Waals surface area contributed by atoms with Crippen LogP contribution in [0.15, 0.2) is 59.2 Å². The molecule has 0 fully saturated rings. The molecule has 2 aromatic heterocycles. The number of aryl methyl sites for hydroxylation is 1. The fraction of sp³-hybridized carbons (Fsp3) is 0.143. The maximum Gasteiger partial charge on any atom is 0.248 e. The average Bonchev–Trinajstić information content (AvgIpc) is 3.24. The standard InChI is InChI=1S/C21H21N3O3/c1-14-12-17(15(2)24(14)13-19-4-3-11-27-19)7-10-20(25)23-18-8-5-16(6-9-18)21(22)26/h3-12H,13H2,1-2H3,(H2,22,26)(H,23,25)/b10-7+. The van der Waals surface area contributed by atoms with E-state index in [0.29, 0.717) is 17.8 Å². The zero-order chi connectivity index (χ0) is 19.4. The van der Waals surface area contributed by atoms with Crippen molar-refractivity contribution < 1.29 is 14.0 Å². The first-order chi connectivity index (χ1) is 12.9. The normalized spacial score (nSPS) is 11.0. The molecule has 6 heteroatoms. The second kappa shape index (κ2) is 7.78. The van der Waals surface area contributed by atoms with E-state index in [4.69, 9.17) is 10.2 Å². The highest BCUT2D eigenvalue weighted by molar-refractivity contribution is 6.02. The Bertz CT molecular complexity index is 981. The Morgan fingerprint density at radius 2 is 1.93 bits per heavy atom. The number of furan rings is 1. The predicted octanol–water partition coefficient (Wildman–Crippen LogP) is 3.50. The Labute approximate surface area is 157 Å². The van der Waals surface area contributed by atoms with Crippen molar-refractivity contribution in [1.82, 2.24) is 4.57 Å². The van der Waals surface area contributed by atoms with Gasteiger partial charge < -0.3 is 20.0 Å². The number of primary amides is 1. The van der Waals surface area contributed by atoms with E-state index >= 15 is 0 Å². The summed E-state index contributed by atoms with van der Waals surface area (Å²) in [5.74, 6) is 0.125. The van der Waals surface area contributed by atoms with Crippen molar-refractivity contribution in [2.24, 2.45) is 5.73 Å². The molecular formula is C21H21N3O3. The van der Waals surface area contributed by atoms with Gasteiger partial charge in [-0.3, -0.25) is 9.59 Å². The van der Waals surface area contributed by atoms with Crippen LogP contribution in [0.1, 0.15) is 33.1 Å². The van der Waals surface area contributed by atoms with E-state index in [-0.39, 0.29) is 5.91 Å². The van der Waals surface area contributed by atoms with E-state index in [1.165, 1.54) is 6.08 Å². The summed E-state index contributed by atoms with van der Waals surface area (Å²) in [6.07, 6.45) is 4.93. The molecule has 6 nitrogen and oxygen atoms in total. The van der Waals surface area contributed by atoms with Gasteiger partial charge >= 0.3 is 0 Å². The molecule has 1 aromatic carbocycles. The Kier molecular flexibility index (Phi) is 5.26. The molecule has 3 rings (SSSR count). The Morgan fingerprint density at radius 3 is 2.56 bits per heavy atom. The third kappa shape index (κ3) is 4.36. The third-order valence-corrected chi connectivity index (χ3v) is 4.36. The monoisotopic (exact) mass is 363 g/mol. The van der Waals surface area contributed by atoms with Crippen molar-refractivity contribution in [2.45, 2.75) is 20.4 Å². The summed E-state index contributed by atoms with van der Waals surface area (Å²) >= 11 is 0. The molecule has 2 heterocycles. The highest BCUT2D eigenvalue weighted by atomic mass is 16.3. The Balaban J connectivity index is 1.68. The first kappa shape index (κ1) is 18.3. The number of nitrogens with two attached hydrogens (primary N) is 1. The number of hydrogen-bond donors (Lipinski definition) is 2. The van der Waals surface area contributed by atoms with Gasteiger partial charge in [0, 0.05) is 28.7 Å². The minimum absolute atomic E-state index is 0.252. The highest BCUT2D eigenvalue weighted by Gasteiger charge is 2.09. The molecular weight excluding hydrogens is 342 g/mol. The summed E-state index contributed by atoms with van der Waals surface area (Å²) in [6, 6.07) is 12.3. The van der Waals surface area contributed by atoms with E-state index in [2.05, 4.69) is 9.88 Å². The van der Waals surface area contributed by atoms with Crippen molar-refractivity contribution in [1.29, 1.82) is 0 Å². The molecule has 0 saturated carbocycles. The van der Waals surface area contributed by atoms with Crippen molar-refractivity contribution in [2.75, 3.05) is 5.32 Å². The number of nitrogens with zero attached hydrogens (tertiary/aromatic N) is 1. The van der Waals surface area contributed by atoms with Gasteiger partial charge in [0.1, 0.15) is 5.76 Å². The smallest absolute Gasteiger partial charge is 0.248 e. The quantitative estimate of drug-likeness (QED) is 0.657. The summed E-state index contributed by atoms with van der Waals surface area (Å²) in [4.78, 5) is 23.2. The number of hydrogen-bond acceptors (Lipinski definition) is 3. The Morgan fingerprint density at radius 1 is 1.19 bits per heavy atom. The third-order valence-electron chi connectivity index (χ3n) is 4.36. The van der Waals surface area contributed by atoms with Crippen LogP contribution in [0.3, 0.4) is 0 Å². The molecule has 0 spiro atoms. The molecule has 0 aliphatic carbocycles. The van der Waals surface area contributed by atoms with Crippen LogP contribution in [0.5, 0.6) is 0 Å². The van der Waals surface area contributed by atoms with E-state index in [9.17, 15) is 9.59 Å². The van der Waals surface area contributed by atoms with Crippen LogP contribution in [-0.2, 0) is 11.3 Å². The van der Waals surface area contributed by atoms with Crippen LogP contribution < -0.4 is 11.1 Å². The van der Waals surface area contributed by atoms with E-state index in [1.807, 2.05) is 32.0 Å². The molecule has 0 unspecified atom stereocenters. The minimum Gasteiger partial charge on any atom is -0.467 e. The molecule has 0 aliphatic heterocycles. The van der Waals surface area contributed by atoms with Crippen molar-refractivity contribution in [3.63, 3.8) is 0 Å². The number of benzene rings is 1. The number of anilines is 1. The van der Waals surface area contributed by atoms with Gasteiger partial charge in [-0.15, -0.1) is 0 Å². The summed E-state index contributed by atoms with van der Waals surface area (Å²) in [5, 5.41) is 2.76. The molecule has 0 aliphatic rings. The Hall–Kier alpha value is -3.54. The fourth-order valence-electron chi connectivity index (χ4n) is 2.87. The second-order valence-electron chi connectivity index (χ2n) is 6.26. The van der Waals surface area contributed by atoms with Crippen LogP contribution in [0.25, 0.3) is 6.08 Å². The molecule has 27 heavy (non-hydrogen) atoms. The molecule has 2 amide bonds. The summed E-state index contributed by atoms with van der Waals surface area (Å²) in [6.45, 7) is 4.68. The van der Waals surface area contributed by atoms with Gasteiger partial charge in [-0.1, -0.05) is 0 Å². The first-order valence-electron chi connectivity index (χ1n) is 8.52. The van der Waals surface area contributed by atoms with Crippen LogP contribution in [0.4, 0.5) is 5.69 Å². The lowest BCUT2D eigenvalue weighted by atomic mass is 10.2. The van der Waals surface area contributed by atoms with Crippen LogP contribution >= 0.6 is 0 Å². The van der Waals surface area contributed by atoms with Gasteiger partial charge in [-0.05, 0) is 68.0 Å². The molecule has 3 aromatic rings. The molecule has 0 bridgehead atoms. The largest absolute Gasteiger partial charge is 0.467 e. The fourth-order valence-corrected chi connectivity index (χ4v) is 2.87. The summed E-state index contributed by atoms with van der Waals surface area (Å²) in [7, 11) is 0. The van der Waals surface area contributed by atoms with Gasteiger partial charge in [0.15, 0.2) is 0 Å². The topological polar surface area (TPSA) is 90.3 Å². The number of amides is 2. The number of carbonyl (C=O) groups excluding carboxylic acids is 2.